The smallest absolute Gasteiger partial charge is 0.234 e. The molecule has 0 atom stereocenters. The topological polar surface area (TPSA) is 32.3 Å². The minimum Gasteiger partial charge on any atom is -0.354 e. The largest absolute Gasteiger partial charge is 0.354 e. The van der Waals surface area contributed by atoms with Crippen molar-refractivity contribution in [2.45, 2.75) is 0 Å². The average Bonchev–Trinajstić information content (AvgIpc) is 1.64. The quantitative estimate of drug-likeness (QED) is 0.504. The first kappa shape index (κ1) is 8.72. The van der Waals surface area contributed by atoms with Crippen molar-refractivity contribution in [3.63, 3.8) is 0 Å². The molecule has 0 saturated carbocycles. The van der Waals surface area contributed by atoms with Crippen molar-refractivity contribution in [2.24, 2.45) is 0 Å². The molecular formula is C5H11ClN2O. The maximum Gasteiger partial charge on any atom is 0.234 e. The first-order valence-electron chi connectivity index (χ1n) is 2.74. The predicted octanol–water partition coefficient (Wildman–Crippen LogP) is -0.530. The molecule has 0 bridgehead atoms. The number of rotatable bonds is 0. The lowest BCUT2D eigenvalue weighted by molar-refractivity contribution is -0.123. The van der Waals surface area contributed by atoms with E-state index >= 15 is 0 Å². The number of halogens is 1. The van der Waals surface area contributed by atoms with Gasteiger partial charge in [0.25, 0.3) is 0 Å². The first-order valence-corrected chi connectivity index (χ1v) is 2.74. The van der Waals surface area contributed by atoms with Crippen molar-refractivity contribution >= 4 is 18.3 Å². The van der Waals surface area contributed by atoms with Crippen LogP contribution in [0.2, 0.25) is 0 Å². The molecule has 4 heteroatoms. The molecule has 1 rings (SSSR count). The zero-order chi connectivity index (χ0) is 5.98. The lowest BCUT2D eigenvalue weighted by Crippen LogP contribution is -2.45. The molecule has 1 fully saturated rings. The van der Waals surface area contributed by atoms with Crippen LogP contribution >= 0.6 is 12.4 Å². The van der Waals surface area contributed by atoms with Crippen LogP contribution in [0.25, 0.3) is 0 Å². The fraction of sp³-hybridized carbons (Fsp3) is 0.800. The van der Waals surface area contributed by atoms with Crippen LogP contribution in [-0.2, 0) is 4.79 Å². The highest BCUT2D eigenvalue weighted by atomic mass is 35.5. The molecule has 1 N–H and O–H groups in total. The van der Waals surface area contributed by atoms with Crippen LogP contribution in [0.5, 0.6) is 0 Å². The van der Waals surface area contributed by atoms with Gasteiger partial charge < -0.3 is 5.32 Å². The monoisotopic (exact) mass is 150 g/mol. The van der Waals surface area contributed by atoms with Gasteiger partial charge in [-0.3, -0.25) is 9.69 Å². The summed E-state index contributed by atoms with van der Waals surface area (Å²) in [6, 6.07) is 0. The van der Waals surface area contributed by atoms with Crippen molar-refractivity contribution < 1.29 is 4.79 Å². The molecular weight excluding hydrogens is 140 g/mol. The number of likely N-dealkylation sites (N-methyl/N-ethyl adjacent to an activating group) is 1. The van der Waals surface area contributed by atoms with E-state index in [0.29, 0.717) is 6.54 Å². The molecule has 1 aliphatic rings. The molecule has 0 aromatic carbocycles. The summed E-state index contributed by atoms with van der Waals surface area (Å²) in [5.41, 5.74) is 0. The maximum atomic E-state index is 10.5. The second-order valence-corrected chi connectivity index (χ2v) is 2.09. The van der Waals surface area contributed by atoms with Gasteiger partial charge in [0.05, 0.1) is 6.54 Å². The Balaban J connectivity index is 0.000000640. The van der Waals surface area contributed by atoms with E-state index in [-0.39, 0.29) is 18.3 Å². The summed E-state index contributed by atoms with van der Waals surface area (Å²) in [6.45, 7) is 2.33. The van der Waals surface area contributed by atoms with Crippen molar-refractivity contribution in [2.75, 3.05) is 26.7 Å². The van der Waals surface area contributed by atoms with Crippen LogP contribution in [0, 0.1) is 0 Å². The molecule has 1 heterocycles. The molecule has 9 heavy (non-hydrogen) atoms. The minimum absolute atomic E-state index is 0. The summed E-state index contributed by atoms with van der Waals surface area (Å²) in [5.74, 6) is 0.138. The van der Waals surface area contributed by atoms with Gasteiger partial charge in [-0.15, -0.1) is 12.4 Å². The van der Waals surface area contributed by atoms with Crippen LogP contribution in [-0.4, -0.2) is 37.5 Å². The summed E-state index contributed by atoms with van der Waals surface area (Å²) in [6.07, 6.45) is 0. The van der Waals surface area contributed by atoms with E-state index in [0.717, 1.165) is 13.1 Å². The molecule has 1 saturated heterocycles. The Kier molecular flexibility index (Phi) is 3.58. The van der Waals surface area contributed by atoms with Gasteiger partial charge in [-0.2, -0.15) is 0 Å². The summed E-state index contributed by atoms with van der Waals surface area (Å²) in [5, 5.41) is 2.73. The van der Waals surface area contributed by atoms with Gasteiger partial charge in [0.2, 0.25) is 5.91 Å². The molecule has 0 aromatic rings. The third-order valence-electron chi connectivity index (χ3n) is 1.23. The van der Waals surface area contributed by atoms with Crippen LogP contribution in [0.15, 0.2) is 0 Å². The number of piperazine rings is 1. The van der Waals surface area contributed by atoms with Crippen molar-refractivity contribution in [3.8, 4) is 0 Å². The number of amides is 1. The van der Waals surface area contributed by atoms with E-state index in [1.54, 1.807) is 0 Å². The molecule has 1 amide bonds. The summed E-state index contributed by atoms with van der Waals surface area (Å²) in [4.78, 5) is 12.5. The van der Waals surface area contributed by atoms with Gasteiger partial charge in [0.1, 0.15) is 0 Å². The van der Waals surface area contributed by atoms with E-state index < -0.39 is 0 Å². The second-order valence-electron chi connectivity index (χ2n) is 2.09. The lowest BCUT2D eigenvalue weighted by atomic mass is 10.4. The number of carbonyl (C=O) groups is 1. The van der Waals surface area contributed by atoms with Crippen LogP contribution in [0.3, 0.4) is 0 Å². The highest BCUT2D eigenvalue weighted by Crippen LogP contribution is 1.85. The Morgan fingerprint density at radius 1 is 1.67 bits per heavy atom. The van der Waals surface area contributed by atoms with Crippen molar-refractivity contribution in [1.29, 1.82) is 0 Å². The van der Waals surface area contributed by atoms with E-state index in [4.69, 9.17) is 0 Å². The number of nitrogens with zero attached hydrogens (tertiary/aromatic N) is 1. The average molecular weight is 151 g/mol. The summed E-state index contributed by atoms with van der Waals surface area (Å²) >= 11 is 0. The highest BCUT2D eigenvalue weighted by molar-refractivity contribution is 5.85. The molecule has 0 aliphatic carbocycles. The third-order valence-corrected chi connectivity index (χ3v) is 1.23. The highest BCUT2D eigenvalue weighted by Gasteiger charge is 2.10. The van der Waals surface area contributed by atoms with E-state index in [1.165, 1.54) is 0 Å². The maximum absolute atomic E-state index is 10.5. The minimum atomic E-state index is 0. The van der Waals surface area contributed by atoms with Crippen molar-refractivity contribution in [1.82, 2.24) is 10.2 Å². The number of nitrogens with one attached hydrogen (secondary N) is 1. The van der Waals surface area contributed by atoms with Gasteiger partial charge in [0, 0.05) is 13.1 Å². The van der Waals surface area contributed by atoms with Crippen LogP contribution < -0.4 is 5.32 Å². The van der Waals surface area contributed by atoms with Crippen molar-refractivity contribution in [3.05, 3.63) is 0 Å². The number of carbonyl (C=O) groups excluding carboxylic acids is 1. The van der Waals surface area contributed by atoms with Gasteiger partial charge in [-0.1, -0.05) is 0 Å². The zero-order valence-electron chi connectivity index (χ0n) is 5.39. The zero-order valence-corrected chi connectivity index (χ0v) is 6.20. The molecule has 0 radical (unpaired) electrons. The predicted molar refractivity (Wildman–Crippen MR) is 37.8 cm³/mol. The second kappa shape index (κ2) is 3.69. The third kappa shape index (κ3) is 2.67. The number of hydrogen-bond donors (Lipinski definition) is 1. The molecule has 0 unspecified atom stereocenters. The first-order chi connectivity index (χ1) is 3.79. The Hall–Kier alpha value is -0.280. The van der Waals surface area contributed by atoms with E-state index in [2.05, 4.69) is 5.32 Å². The molecule has 3 nitrogen and oxygen atoms in total. The standard InChI is InChI=1S/C5H10N2O.ClH/c1-7-3-2-6-5(8)4-7;/h2-4H2,1H3,(H,6,8);1H. The van der Waals surface area contributed by atoms with E-state index in [9.17, 15) is 4.79 Å². The summed E-state index contributed by atoms with van der Waals surface area (Å²) in [7, 11) is 1.94. The lowest BCUT2D eigenvalue weighted by Gasteiger charge is -2.21. The molecule has 54 valence electrons. The van der Waals surface area contributed by atoms with Gasteiger partial charge in [0.15, 0.2) is 0 Å². The fourth-order valence-corrected chi connectivity index (χ4v) is 0.766. The van der Waals surface area contributed by atoms with E-state index in [1.807, 2.05) is 11.9 Å². The molecule has 1 aliphatic heterocycles. The normalized spacial score (nSPS) is 20.3. The van der Waals surface area contributed by atoms with Crippen LogP contribution in [0.4, 0.5) is 0 Å². The van der Waals surface area contributed by atoms with Gasteiger partial charge in [-0.25, -0.2) is 0 Å². The molecule has 0 aromatic heterocycles. The Morgan fingerprint density at radius 3 is 2.67 bits per heavy atom. The SMILES string of the molecule is CN1CCNC(=O)C1.Cl. The Bertz CT molecular complexity index is 107. The van der Waals surface area contributed by atoms with Gasteiger partial charge in [-0.05, 0) is 7.05 Å². The summed E-state index contributed by atoms with van der Waals surface area (Å²) < 4.78 is 0. The van der Waals surface area contributed by atoms with Crippen LogP contribution in [0.1, 0.15) is 0 Å². The Labute approximate surface area is 60.8 Å². The Morgan fingerprint density at radius 2 is 2.33 bits per heavy atom. The van der Waals surface area contributed by atoms with Gasteiger partial charge >= 0.3 is 0 Å². The fourth-order valence-electron chi connectivity index (χ4n) is 0.766. The molecule has 0 spiro atoms. The number of hydrogen-bond acceptors (Lipinski definition) is 2.